The maximum absolute atomic E-state index is 5.54. The highest BCUT2D eigenvalue weighted by atomic mass is 79.9. The first-order chi connectivity index (χ1) is 13.1. The third-order valence-electron chi connectivity index (χ3n) is 4.18. The van der Waals surface area contributed by atoms with Crippen LogP contribution in [0.5, 0.6) is 0 Å². The van der Waals surface area contributed by atoms with Crippen LogP contribution in [0.1, 0.15) is 51.4 Å². The van der Waals surface area contributed by atoms with Crippen LogP contribution >= 0.6 is 38.6 Å². The van der Waals surface area contributed by atoms with Gasteiger partial charge in [-0.1, -0.05) is 48.4 Å². The summed E-state index contributed by atoms with van der Waals surface area (Å²) in [5.41, 5.74) is 10.7. The molecule has 2 aliphatic heterocycles. The van der Waals surface area contributed by atoms with Crippen molar-refractivity contribution in [2.24, 2.45) is 0 Å². The Balaban J connectivity index is 0.000000159. The minimum absolute atomic E-state index is 0.492. The van der Waals surface area contributed by atoms with E-state index in [0.717, 1.165) is 22.1 Å². The summed E-state index contributed by atoms with van der Waals surface area (Å²) in [4.78, 5) is 2.29. The summed E-state index contributed by atoms with van der Waals surface area (Å²) in [6.07, 6.45) is 10.9. The fourth-order valence-electron chi connectivity index (χ4n) is 2.81. The fourth-order valence-corrected chi connectivity index (χ4v) is 4.39. The van der Waals surface area contributed by atoms with Crippen molar-refractivity contribution in [3.05, 3.63) is 3.92 Å². The lowest BCUT2D eigenvalue weighted by Crippen LogP contribution is -2.23. The molecule has 27 heavy (non-hydrogen) atoms. The summed E-state index contributed by atoms with van der Waals surface area (Å²) in [5.74, 6) is 0. The smallest absolute Gasteiger partial charge is 0.209 e. The van der Waals surface area contributed by atoms with Crippen LogP contribution in [0.2, 0.25) is 0 Å². The molecule has 4 heterocycles. The summed E-state index contributed by atoms with van der Waals surface area (Å²) in [6.45, 7) is 4.71. The predicted molar refractivity (Wildman–Crippen MR) is 118 cm³/mol. The van der Waals surface area contributed by atoms with E-state index in [4.69, 9.17) is 11.5 Å². The van der Waals surface area contributed by atoms with Gasteiger partial charge in [-0.25, -0.2) is 0 Å². The molecule has 2 aliphatic rings. The average Bonchev–Trinajstić information content (AvgIpc) is 3.03. The van der Waals surface area contributed by atoms with E-state index < -0.39 is 0 Å². The number of nitrogens with zero attached hydrogens (tertiary/aromatic N) is 5. The van der Waals surface area contributed by atoms with Crippen molar-refractivity contribution in [3.8, 4) is 0 Å². The lowest BCUT2D eigenvalue weighted by Gasteiger charge is -2.17. The Hall–Kier alpha value is -1.04. The van der Waals surface area contributed by atoms with Crippen molar-refractivity contribution >= 4 is 54.0 Å². The van der Waals surface area contributed by atoms with Gasteiger partial charge in [0.2, 0.25) is 15.4 Å². The van der Waals surface area contributed by atoms with Gasteiger partial charge in [0.1, 0.15) is 0 Å². The SMILES string of the molecule is C1CCCNCC1.Nc1nnc(Br)s1.Nc1nnc(N2CCCCCC2)s1. The van der Waals surface area contributed by atoms with Crippen LogP contribution in [-0.4, -0.2) is 46.6 Å². The van der Waals surface area contributed by atoms with Crippen LogP contribution in [-0.2, 0) is 0 Å². The molecule has 0 amide bonds. The second-order valence-electron chi connectivity index (χ2n) is 6.38. The Bertz CT molecular complexity index is 591. The van der Waals surface area contributed by atoms with Crippen LogP contribution in [0.3, 0.4) is 0 Å². The van der Waals surface area contributed by atoms with Gasteiger partial charge >= 0.3 is 0 Å². The summed E-state index contributed by atoms with van der Waals surface area (Å²) in [6, 6.07) is 0. The topological polar surface area (TPSA) is 119 Å². The maximum Gasteiger partial charge on any atom is 0.209 e. The molecular weight excluding hydrogens is 448 g/mol. The molecule has 0 radical (unpaired) electrons. The van der Waals surface area contributed by atoms with Crippen molar-refractivity contribution in [1.29, 1.82) is 0 Å². The van der Waals surface area contributed by atoms with Crippen molar-refractivity contribution in [3.63, 3.8) is 0 Å². The average molecular weight is 478 g/mol. The van der Waals surface area contributed by atoms with Gasteiger partial charge in [0.15, 0.2) is 3.92 Å². The molecule has 0 spiro atoms. The molecule has 4 rings (SSSR count). The van der Waals surface area contributed by atoms with Gasteiger partial charge in [0.25, 0.3) is 0 Å². The minimum atomic E-state index is 0.492. The second-order valence-corrected chi connectivity index (χ2v) is 9.65. The summed E-state index contributed by atoms with van der Waals surface area (Å²) in [7, 11) is 0. The summed E-state index contributed by atoms with van der Waals surface area (Å²) < 4.78 is 0.727. The first kappa shape index (κ1) is 22.3. The summed E-state index contributed by atoms with van der Waals surface area (Å²) >= 11 is 5.90. The molecule has 2 fully saturated rings. The molecule has 0 saturated carbocycles. The van der Waals surface area contributed by atoms with Gasteiger partial charge in [-0.05, 0) is 54.7 Å². The Kier molecular flexibility index (Phi) is 10.9. The third-order valence-corrected chi connectivity index (χ3v) is 6.18. The molecule has 0 atom stereocenters. The number of anilines is 3. The molecule has 2 aromatic heterocycles. The van der Waals surface area contributed by atoms with Gasteiger partial charge in [0, 0.05) is 13.1 Å². The van der Waals surface area contributed by atoms with Gasteiger partial charge in [-0.3, -0.25) is 0 Å². The standard InChI is InChI=1S/C8H14N4S.C6H13N.C2H2BrN3S/c9-7-10-11-8(13-7)12-5-3-1-2-4-6-12;1-2-4-6-7-5-3-1;3-1-5-6-2(4)7-1/h1-6H2,(H2,9,10);7H,1-6H2;(H2,4,6). The summed E-state index contributed by atoms with van der Waals surface area (Å²) in [5, 5.41) is 20.4. The van der Waals surface area contributed by atoms with Gasteiger partial charge in [0.05, 0.1) is 0 Å². The fraction of sp³-hybridized carbons (Fsp3) is 0.750. The number of nitrogen functional groups attached to an aromatic ring is 2. The van der Waals surface area contributed by atoms with Crippen molar-refractivity contribution in [2.45, 2.75) is 51.4 Å². The van der Waals surface area contributed by atoms with Crippen LogP contribution in [0, 0.1) is 0 Å². The number of hydrogen-bond donors (Lipinski definition) is 3. The zero-order valence-electron chi connectivity index (χ0n) is 15.6. The lowest BCUT2D eigenvalue weighted by atomic mass is 10.2. The monoisotopic (exact) mass is 476 g/mol. The highest BCUT2D eigenvalue weighted by Gasteiger charge is 2.13. The molecule has 2 saturated heterocycles. The molecule has 0 bridgehead atoms. The number of rotatable bonds is 1. The molecule has 5 N–H and O–H groups in total. The molecule has 8 nitrogen and oxygen atoms in total. The van der Waals surface area contributed by atoms with E-state index in [1.807, 2.05) is 0 Å². The van der Waals surface area contributed by atoms with Crippen LogP contribution in [0.4, 0.5) is 15.4 Å². The molecule has 152 valence electrons. The second kappa shape index (κ2) is 13.2. The van der Waals surface area contributed by atoms with E-state index in [0.29, 0.717) is 10.3 Å². The van der Waals surface area contributed by atoms with Crippen LogP contribution < -0.4 is 21.7 Å². The van der Waals surface area contributed by atoms with E-state index in [2.05, 4.69) is 46.5 Å². The molecule has 0 aromatic carbocycles. The van der Waals surface area contributed by atoms with E-state index in [1.54, 1.807) is 0 Å². The molecule has 0 unspecified atom stereocenters. The van der Waals surface area contributed by atoms with E-state index >= 15 is 0 Å². The van der Waals surface area contributed by atoms with Gasteiger partial charge in [-0.15, -0.1) is 20.4 Å². The highest BCUT2D eigenvalue weighted by Crippen LogP contribution is 2.24. The normalized spacial score (nSPS) is 17.6. The maximum atomic E-state index is 5.54. The minimum Gasteiger partial charge on any atom is -0.374 e. The molecule has 11 heteroatoms. The first-order valence-electron chi connectivity index (χ1n) is 9.44. The number of nitrogens with two attached hydrogens (primary N) is 2. The van der Waals surface area contributed by atoms with Crippen molar-refractivity contribution < 1.29 is 0 Å². The van der Waals surface area contributed by atoms with E-state index in [1.165, 1.54) is 87.1 Å². The number of hydrogen-bond acceptors (Lipinski definition) is 10. The predicted octanol–water partition coefficient (Wildman–Crippen LogP) is 3.53. The number of aromatic nitrogens is 4. The van der Waals surface area contributed by atoms with E-state index in [9.17, 15) is 0 Å². The Morgan fingerprint density at radius 3 is 1.74 bits per heavy atom. The van der Waals surface area contributed by atoms with E-state index in [-0.39, 0.29) is 0 Å². The Labute approximate surface area is 177 Å². The van der Waals surface area contributed by atoms with Crippen LogP contribution in [0.25, 0.3) is 0 Å². The molecule has 0 aliphatic carbocycles. The Morgan fingerprint density at radius 2 is 1.30 bits per heavy atom. The quantitative estimate of drug-likeness (QED) is 0.571. The van der Waals surface area contributed by atoms with Gasteiger partial charge < -0.3 is 21.7 Å². The first-order valence-corrected chi connectivity index (χ1v) is 11.9. The largest absolute Gasteiger partial charge is 0.374 e. The van der Waals surface area contributed by atoms with Gasteiger partial charge in [-0.2, -0.15) is 0 Å². The van der Waals surface area contributed by atoms with Crippen molar-refractivity contribution in [1.82, 2.24) is 25.7 Å². The number of nitrogens with one attached hydrogen (secondary N) is 1. The number of halogens is 1. The highest BCUT2D eigenvalue weighted by molar-refractivity contribution is 9.11. The van der Waals surface area contributed by atoms with Crippen molar-refractivity contribution in [2.75, 3.05) is 42.5 Å². The molecule has 2 aromatic rings. The zero-order chi connectivity index (χ0) is 19.3. The molecular formula is C16H29BrN8S2. The Morgan fingerprint density at radius 1 is 0.741 bits per heavy atom. The lowest BCUT2D eigenvalue weighted by molar-refractivity contribution is 0.702. The third kappa shape index (κ3) is 9.63. The zero-order valence-corrected chi connectivity index (χ0v) is 18.8. The van der Waals surface area contributed by atoms with Crippen LogP contribution in [0.15, 0.2) is 3.92 Å².